The highest BCUT2D eigenvalue weighted by atomic mass is 16.5. The van der Waals surface area contributed by atoms with Gasteiger partial charge < -0.3 is 15.0 Å². The third-order valence-corrected chi connectivity index (χ3v) is 5.26. The van der Waals surface area contributed by atoms with Crippen molar-refractivity contribution >= 4 is 17.5 Å². The van der Waals surface area contributed by atoms with Crippen molar-refractivity contribution in [3.8, 4) is 5.75 Å². The minimum atomic E-state index is -0.140. The molecular formula is C21H22N2O3. The normalized spacial score (nSPS) is 16.7. The second kappa shape index (κ2) is 6.83. The molecule has 1 aliphatic carbocycles. The Morgan fingerprint density at radius 2 is 1.85 bits per heavy atom. The predicted molar refractivity (Wildman–Crippen MR) is 99.7 cm³/mol. The summed E-state index contributed by atoms with van der Waals surface area (Å²) in [7, 11) is 1.61. The number of amides is 2. The second-order valence-corrected chi connectivity index (χ2v) is 6.88. The smallest absolute Gasteiger partial charge is 0.259 e. The molecule has 4 rings (SSSR count). The summed E-state index contributed by atoms with van der Waals surface area (Å²) >= 11 is 0. The molecule has 1 heterocycles. The molecule has 0 unspecified atom stereocenters. The Kier molecular flexibility index (Phi) is 4.37. The highest BCUT2D eigenvalue weighted by Crippen LogP contribution is 2.31. The molecule has 2 amide bonds. The Hall–Kier alpha value is -2.82. The van der Waals surface area contributed by atoms with Gasteiger partial charge in [-0.2, -0.15) is 0 Å². The van der Waals surface area contributed by atoms with E-state index in [4.69, 9.17) is 4.74 Å². The van der Waals surface area contributed by atoms with Crippen molar-refractivity contribution in [3.63, 3.8) is 0 Å². The molecule has 0 radical (unpaired) electrons. The van der Waals surface area contributed by atoms with E-state index in [-0.39, 0.29) is 17.9 Å². The van der Waals surface area contributed by atoms with Crippen LogP contribution in [0.25, 0.3) is 0 Å². The molecule has 0 spiro atoms. The minimum absolute atomic E-state index is 0.123. The molecule has 0 bridgehead atoms. The van der Waals surface area contributed by atoms with E-state index in [1.54, 1.807) is 18.1 Å². The van der Waals surface area contributed by atoms with E-state index in [1.807, 2.05) is 36.4 Å². The monoisotopic (exact) mass is 350 g/mol. The summed E-state index contributed by atoms with van der Waals surface area (Å²) in [4.78, 5) is 27.5. The van der Waals surface area contributed by atoms with Crippen molar-refractivity contribution < 1.29 is 14.3 Å². The number of rotatable bonds is 4. The summed E-state index contributed by atoms with van der Waals surface area (Å²) in [5.41, 5.74) is 2.70. The van der Waals surface area contributed by atoms with E-state index in [1.165, 1.54) is 0 Å². The van der Waals surface area contributed by atoms with Gasteiger partial charge in [-0.3, -0.25) is 9.59 Å². The molecule has 2 aromatic carbocycles. The maximum atomic E-state index is 13.0. The first-order valence-corrected chi connectivity index (χ1v) is 9.06. The maximum absolute atomic E-state index is 13.0. The average molecular weight is 350 g/mol. The van der Waals surface area contributed by atoms with Crippen LogP contribution in [0.3, 0.4) is 0 Å². The van der Waals surface area contributed by atoms with Crippen LogP contribution in [0.1, 0.15) is 52.0 Å². The number of hydrogen-bond donors (Lipinski definition) is 1. The molecule has 2 aliphatic rings. The van der Waals surface area contributed by atoms with Crippen LogP contribution in [0.4, 0.5) is 5.69 Å². The SMILES string of the molecule is COc1ccc(N2Cc3cccc(C(=O)NC4CCCC4)c3C2=O)cc1. The second-order valence-electron chi connectivity index (χ2n) is 6.88. The van der Waals surface area contributed by atoms with Gasteiger partial charge in [0.2, 0.25) is 0 Å². The number of nitrogens with zero attached hydrogens (tertiary/aromatic N) is 1. The van der Waals surface area contributed by atoms with Crippen LogP contribution in [0.5, 0.6) is 5.75 Å². The summed E-state index contributed by atoms with van der Waals surface area (Å²) in [5, 5.41) is 3.09. The van der Waals surface area contributed by atoms with Crippen LogP contribution in [-0.2, 0) is 6.54 Å². The van der Waals surface area contributed by atoms with Gasteiger partial charge in [-0.1, -0.05) is 25.0 Å². The molecule has 134 valence electrons. The number of hydrogen-bond acceptors (Lipinski definition) is 3. The lowest BCUT2D eigenvalue weighted by Crippen LogP contribution is -2.34. The number of fused-ring (bicyclic) bond motifs is 1. The van der Waals surface area contributed by atoms with Crippen molar-refractivity contribution in [2.24, 2.45) is 0 Å². The lowest BCUT2D eigenvalue weighted by molar-refractivity contribution is 0.0923. The van der Waals surface area contributed by atoms with Gasteiger partial charge in [-0.15, -0.1) is 0 Å². The lowest BCUT2D eigenvalue weighted by atomic mass is 10.0. The Balaban J connectivity index is 1.60. The van der Waals surface area contributed by atoms with Crippen LogP contribution in [0, 0.1) is 0 Å². The van der Waals surface area contributed by atoms with Gasteiger partial charge in [-0.05, 0) is 48.7 Å². The first kappa shape index (κ1) is 16.6. The maximum Gasteiger partial charge on any atom is 0.259 e. The van der Waals surface area contributed by atoms with Gasteiger partial charge in [0.05, 0.1) is 24.8 Å². The van der Waals surface area contributed by atoms with E-state index in [9.17, 15) is 9.59 Å². The number of benzene rings is 2. The molecule has 1 aliphatic heterocycles. The minimum Gasteiger partial charge on any atom is -0.497 e. The fraction of sp³-hybridized carbons (Fsp3) is 0.333. The molecule has 26 heavy (non-hydrogen) atoms. The number of nitrogens with one attached hydrogen (secondary N) is 1. The Morgan fingerprint density at radius 1 is 1.12 bits per heavy atom. The largest absolute Gasteiger partial charge is 0.497 e. The zero-order valence-corrected chi connectivity index (χ0v) is 14.8. The number of carbonyl (C=O) groups is 2. The summed E-state index contributed by atoms with van der Waals surface area (Å²) < 4.78 is 5.18. The van der Waals surface area contributed by atoms with Crippen molar-refractivity contribution in [1.82, 2.24) is 5.32 Å². The number of anilines is 1. The number of carbonyl (C=O) groups excluding carboxylic acids is 2. The van der Waals surface area contributed by atoms with Crippen LogP contribution in [-0.4, -0.2) is 25.0 Å². The van der Waals surface area contributed by atoms with Crippen molar-refractivity contribution in [2.75, 3.05) is 12.0 Å². The van der Waals surface area contributed by atoms with E-state index in [2.05, 4.69) is 5.32 Å². The van der Waals surface area contributed by atoms with Crippen molar-refractivity contribution in [2.45, 2.75) is 38.3 Å². The number of ether oxygens (including phenoxy) is 1. The van der Waals surface area contributed by atoms with Gasteiger partial charge in [0.15, 0.2) is 0 Å². The first-order valence-electron chi connectivity index (χ1n) is 9.06. The highest BCUT2D eigenvalue weighted by molar-refractivity contribution is 6.16. The first-order chi connectivity index (χ1) is 12.7. The van der Waals surface area contributed by atoms with E-state index >= 15 is 0 Å². The van der Waals surface area contributed by atoms with Crippen molar-refractivity contribution in [1.29, 1.82) is 0 Å². The van der Waals surface area contributed by atoms with E-state index in [0.717, 1.165) is 42.7 Å². The van der Waals surface area contributed by atoms with E-state index < -0.39 is 0 Å². The van der Waals surface area contributed by atoms with Gasteiger partial charge in [-0.25, -0.2) is 0 Å². The molecule has 1 saturated carbocycles. The molecule has 0 atom stereocenters. The summed E-state index contributed by atoms with van der Waals surface area (Å²) in [6.07, 6.45) is 4.35. The molecule has 2 aromatic rings. The average Bonchev–Trinajstić information content (AvgIpc) is 3.29. The zero-order chi connectivity index (χ0) is 18.1. The standard InChI is InChI=1S/C21H22N2O3/c1-26-17-11-9-16(10-12-17)23-13-14-5-4-8-18(19(14)21(23)25)20(24)22-15-6-2-3-7-15/h4-5,8-12,15H,2-3,6-7,13H2,1H3,(H,22,24). The Morgan fingerprint density at radius 3 is 2.54 bits per heavy atom. The molecule has 1 N–H and O–H groups in total. The molecule has 1 fully saturated rings. The third-order valence-electron chi connectivity index (χ3n) is 5.26. The lowest BCUT2D eigenvalue weighted by Gasteiger charge is -2.16. The summed E-state index contributed by atoms with van der Waals surface area (Å²) in [6.45, 7) is 0.477. The van der Waals surface area contributed by atoms with Crippen LogP contribution < -0.4 is 15.0 Å². The summed E-state index contributed by atoms with van der Waals surface area (Å²) in [5.74, 6) is 0.482. The zero-order valence-electron chi connectivity index (χ0n) is 14.8. The topological polar surface area (TPSA) is 58.6 Å². The van der Waals surface area contributed by atoms with E-state index in [0.29, 0.717) is 17.7 Å². The number of methoxy groups -OCH3 is 1. The molecule has 0 aromatic heterocycles. The molecule has 5 nitrogen and oxygen atoms in total. The fourth-order valence-electron chi connectivity index (χ4n) is 3.85. The van der Waals surface area contributed by atoms with Gasteiger partial charge in [0.1, 0.15) is 5.75 Å². The van der Waals surface area contributed by atoms with Crippen LogP contribution in [0.2, 0.25) is 0 Å². The molecule has 5 heteroatoms. The van der Waals surface area contributed by atoms with Gasteiger partial charge in [0, 0.05) is 11.7 Å². The molecular weight excluding hydrogens is 328 g/mol. The predicted octanol–water partition coefficient (Wildman–Crippen LogP) is 3.53. The quantitative estimate of drug-likeness (QED) is 0.918. The Labute approximate surface area is 153 Å². The van der Waals surface area contributed by atoms with Crippen LogP contribution in [0.15, 0.2) is 42.5 Å². The highest BCUT2D eigenvalue weighted by Gasteiger charge is 2.33. The van der Waals surface area contributed by atoms with Crippen LogP contribution >= 0.6 is 0 Å². The summed E-state index contributed by atoms with van der Waals surface area (Å²) in [6, 6.07) is 13.1. The van der Waals surface area contributed by atoms with Gasteiger partial charge in [0.25, 0.3) is 11.8 Å². The fourth-order valence-corrected chi connectivity index (χ4v) is 3.85. The third kappa shape index (κ3) is 2.94. The van der Waals surface area contributed by atoms with Gasteiger partial charge >= 0.3 is 0 Å². The molecule has 0 saturated heterocycles. The van der Waals surface area contributed by atoms with Crippen molar-refractivity contribution in [3.05, 3.63) is 59.2 Å². The Bertz CT molecular complexity index is 839.